The van der Waals surface area contributed by atoms with Gasteiger partial charge in [-0.1, -0.05) is 58.0 Å². The Labute approximate surface area is 161 Å². The molecule has 0 aliphatic rings. The Hall–Kier alpha value is -2.62. The van der Waals surface area contributed by atoms with Crippen LogP contribution < -0.4 is 5.32 Å². The summed E-state index contributed by atoms with van der Waals surface area (Å²) >= 11 is 0. The fraction of sp³-hybridized carbons (Fsp3) is 0.391. The third-order valence-corrected chi connectivity index (χ3v) is 4.65. The number of carbonyl (C=O) groups excluding carboxylic acids is 2. The highest BCUT2D eigenvalue weighted by atomic mass is 16.5. The van der Waals surface area contributed by atoms with Crippen LogP contribution in [0.4, 0.5) is 5.69 Å². The lowest BCUT2D eigenvalue weighted by molar-refractivity contribution is -0.116. The van der Waals surface area contributed by atoms with Crippen LogP contribution in [-0.2, 0) is 16.0 Å². The highest BCUT2D eigenvalue weighted by Gasteiger charge is 2.16. The second-order valence-corrected chi connectivity index (χ2v) is 7.36. The number of nitrogens with one attached hydrogen (secondary N) is 1. The second kappa shape index (κ2) is 9.36. The zero-order valence-electron chi connectivity index (χ0n) is 16.8. The Kier molecular flexibility index (Phi) is 7.17. The monoisotopic (exact) mass is 367 g/mol. The summed E-state index contributed by atoms with van der Waals surface area (Å²) in [5, 5.41) is 3.14. The first-order valence-corrected chi connectivity index (χ1v) is 9.43. The van der Waals surface area contributed by atoms with E-state index in [2.05, 4.69) is 51.2 Å². The van der Waals surface area contributed by atoms with Gasteiger partial charge in [-0.2, -0.15) is 0 Å². The van der Waals surface area contributed by atoms with Crippen LogP contribution in [0.25, 0.3) is 0 Å². The molecule has 27 heavy (non-hydrogen) atoms. The zero-order chi connectivity index (χ0) is 20.0. The Morgan fingerprint density at radius 2 is 1.48 bits per heavy atom. The summed E-state index contributed by atoms with van der Waals surface area (Å²) in [5.41, 5.74) is 4.81. The van der Waals surface area contributed by atoms with Gasteiger partial charge in [0.2, 0.25) is 5.91 Å². The van der Waals surface area contributed by atoms with Gasteiger partial charge in [-0.3, -0.25) is 4.79 Å². The number of rotatable bonds is 7. The van der Waals surface area contributed by atoms with Crippen LogP contribution in [0.15, 0.2) is 42.5 Å². The molecule has 0 aromatic heterocycles. The lowest BCUT2D eigenvalue weighted by atomic mass is 9.92. The summed E-state index contributed by atoms with van der Waals surface area (Å²) in [6.07, 6.45) is 1.01. The maximum atomic E-state index is 12.6. The van der Waals surface area contributed by atoms with Gasteiger partial charge < -0.3 is 10.1 Å². The van der Waals surface area contributed by atoms with Crippen molar-refractivity contribution in [2.45, 2.75) is 52.4 Å². The molecule has 2 aromatic carbocycles. The highest BCUT2D eigenvalue weighted by molar-refractivity contribution is 5.93. The lowest BCUT2D eigenvalue weighted by Crippen LogP contribution is -2.16. The number of esters is 1. The highest BCUT2D eigenvalue weighted by Crippen LogP contribution is 2.32. The summed E-state index contributed by atoms with van der Waals surface area (Å²) in [7, 11) is 1.36. The summed E-state index contributed by atoms with van der Waals surface area (Å²) in [4.78, 5) is 24.1. The summed E-state index contributed by atoms with van der Waals surface area (Å²) in [6.45, 7) is 8.55. The minimum absolute atomic E-state index is 0.00189. The Bertz CT molecular complexity index is 766. The molecular formula is C23H29NO3. The van der Waals surface area contributed by atoms with Crippen LogP contribution in [0, 0.1) is 0 Å². The van der Waals surface area contributed by atoms with Crippen molar-refractivity contribution in [3.8, 4) is 0 Å². The van der Waals surface area contributed by atoms with Gasteiger partial charge in [-0.25, -0.2) is 4.79 Å². The molecule has 0 saturated heterocycles. The van der Waals surface area contributed by atoms with Crippen molar-refractivity contribution in [1.29, 1.82) is 0 Å². The van der Waals surface area contributed by atoms with Gasteiger partial charge in [-0.05, 0) is 47.1 Å². The predicted molar refractivity (Wildman–Crippen MR) is 109 cm³/mol. The molecule has 0 heterocycles. The molecule has 0 radical (unpaired) electrons. The summed E-state index contributed by atoms with van der Waals surface area (Å²) < 4.78 is 4.70. The Morgan fingerprint density at radius 1 is 0.926 bits per heavy atom. The molecule has 1 N–H and O–H groups in total. The second-order valence-electron chi connectivity index (χ2n) is 7.36. The average Bonchev–Trinajstić information content (AvgIpc) is 2.65. The number of aryl methyl sites for hydroxylation is 1. The minimum Gasteiger partial charge on any atom is -0.465 e. The van der Waals surface area contributed by atoms with Crippen LogP contribution in [0.2, 0.25) is 0 Å². The van der Waals surface area contributed by atoms with Crippen LogP contribution >= 0.6 is 0 Å². The molecular weight excluding hydrogens is 338 g/mol. The molecule has 0 saturated carbocycles. The van der Waals surface area contributed by atoms with Crippen molar-refractivity contribution < 1.29 is 14.3 Å². The number of hydrogen-bond acceptors (Lipinski definition) is 3. The van der Waals surface area contributed by atoms with Gasteiger partial charge in [0.25, 0.3) is 0 Å². The van der Waals surface area contributed by atoms with E-state index < -0.39 is 0 Å². The number of amides is 1. The molecule has 2 aromatic rings. The number of para-hydroxylation sites is 1. The van der Waals surface area contributed by atoms with Crippen molar-refractivity contribution in [3.05, 3.63) is 64.7 Å². The first-order valence-electron chi connectivity index (χ1n) is 9.43. The Balaban J connectivity index is 2.07. The van der Waals surface area contributed by atoms with E-state index in [-0.39, 0.29) is 11.9 Å². The van der Waals surface area contributed by atoms with Crippen LogP contribution in [0.3, 0.4) is 0 Å². The van der Waals surface area contributed by atoms with E-state index in [0.29, 0.717) is 30.2 Å². The van der Waals surface area contributed by atoms with Gasteiger partial charge >= 0.3 is 5.97 Å². The molecule has 1 amide bonds. The van der Waals surface area contributed by atoms with E-state index in [1.807, 2.05) is 12.1 Å². The van der Waals surface area contributed by atoms with E-state index in [9.17, 15) is 9.59 Å². The SMILES string of the molecule is COC(=O)c1ccc(CCC(=O)Nc2c(C(C)C)cccc2C(C)C)cc1. The third kappa shape index (κ3) is 5.43. The van der Waals surface area contributed by atoms with E-state index in [1.165, 1.54) is 7.11 Å². The van der Waals surface area contributed by atoms with Crippen molar-refractivity contribution in [3.63, 3.8) is 0 Å². The molecule has 144 valence electrons. The molecule has 0 atom stereocenters. The first-order chi connectivity index (χ1) is 12.8. The first kappa shape index (κ1) is 20.7. The van der Waals surface area contributed by atoms with E-state index in [0.717, 1.165) is 22.4 Å². The lowest BCUT2D eigenvalue weighted by Gasteiger charge is -2.20. The number of hydrogen-bond donors (Lipinski definition) is 1. The largest absolute Gasteiger partial charge is 0.465 e. The number of methoxy groups -OCH3 is 1. The smallest absolute Gasteiger partial charge is 0.337 e. The quantitative estimate of drug-likeness (QED) is 0.676. The summed E-state index contributed by atoms with van der Waals surface area (Å²) in [5.74, 6) is 0.322. The van der Waals surface area contributed by atoms with Crippen molar-refractivity contribution >= 4 is 17.6 Å². The van der Waals surface area contributed by atoms with Crippen LogP contribution in [-0.4, -0.2) is 19.0 Å². The van der Waals surface area contributed by atoms with Crippen molar-refractivity contribution in [2.24, 2.45) is 0 Å². The number of benzene rings is 2. The van der Waals surface area contributed by atoms with Crippen LogP contribution in [0.1, 0.15) is 73.0 Å². The average molecular weight is 367 g/mol. The molecule has 0 spiro atoms. The minimum atomic E-state index is -0.356. The molecule has 0 aliphatic heterocycles. The van der Waals surface area contributed by atoms with Gasteiger partial charge in [-0.15, -0.1) is 0 Å². The van der Waals surface area contributed by atoms with E-state index in [4.69, 9.17) is 4.74 Å². The van der Waals surface area contributed by atoms with Crippen molar-refractivity contribution in [2.75, 3.05) is 12.4 Å². The Morgan fingerprint density at radius 3 is 1.96 bits per heavy atom. The number of anilines is 1. The van der Waals surface area contributed by atoms with E-state index >= 15 is 0 Å². The molecule has 0 aliphatic carbocycles. The molecule has 0 bridgehead atoms. The topological polar surface area (TPSA) is 55.4 Å². The third-order valence-electron chi connectivity index (χ3n) is 4.65. The maximum absolute atomic E-state index is 12.6. The van der Waals surface area contributed by atoms with E-state index in [1.54, 1.807) is 12.1 Å². The number of carbonyl (C=O) groups is 2. The fourth-order valence-corrected chi connectivity index (χ4v) is 3.08. The van der Waals surface area contributed by atoms with Gasteiger partial charge in [0.1, 0.15) is 0 Å². The van der Waals surface area contributed by atoms with Gasteiger partial charge in [0, 0.05) is 12.1 Å². The normalized spacial score (nSPS) is 10.9. The molecule has 4 heteroatoms. The summed E-state index contributed by atoms with van der Waals surface area (Å²) in [6, 6.07) is 13.4. The van der Waals surface area contributed by atoms with Gasteiger partial charge in [0.15, 0.2) is 0 Å². The maximum Gasteiger partial charge on any atom is 0.337 e. The fourth-order valence-electron chi connectivity index (χ4n) is 3.08. The molecule has 2 rings (SSSR count). The zero-order valence-corrected chi connectivity index (χ0v) is 16.8. The number of ether oxygens (including phenoxy) is 1. The molecule has 4 nitrogen and oxygen atoms in total. The molecule has 0 fully saturated rings. The standard InChI is InChI=1S/C23H29NO3/c1-15(2)19-7-6-8-20(16(3)4)22(19)24-21(25)14-11-17-9-12-18(13-10-17)23(26)27-5/h6-10,12-13,15-16H,11,14H2,1-5H3,(H,24,25). The predicted octanol–water partition coefficient (Wildman–Crippen LogP) is 5.29. The molecule has 0 unspecified atom stereocenters. The van der Waals surface area contributed by atoms with Crippen molar-refractivity contribution in [1.82, 2.24) is 0 Å². The van der Waals surface area contributed by atoms with Gasteiger partial charge in [0.05, 0.1) is 12.7 Å². The van der Waals surface area contributed by atoms with Crippen LogP contribution in [0.5, 0.6) is 0 Å².